The standard InChI is InChI=1S/C19H21N7O2/c1-28-15-8-3-2-7-14(15)16-22-18(25-24-16)23-17(27)13-6-4-11-26(12-13)19-20-9-5-10-21-19/h2-3,5,7-10,13H,4,6,11-12H2,1H3,(H2,22,23,24,25,27). The molecule has 0 radical (unpaired) electrons. The third kappa shape index (κ3) is 3.78. The number of H-pyrrole nitrogens is 1. The van der Waals surface area contributed by atoms with Gasteiger partial charge in [-0.05, 0) is 31.0 Å². The largest absolute Gasteiger partial charge is 0.496 e. The van der Waals surface area contributed by atoms with Gasteiger partial charge in [0, 0.05) is 25.5 Å². The van der Waals surface area contributed by atoms with Crippen LogP contribution in [0.2, 0.25) is 0 Å². The fourth-order valence-corrected chi connectivity index (χ4v) is 3.32. The van der Waals surface area contributed by atoms with E-state index in [4.69, 9.17) is 4.74 Å². The summed E-state index contributed by atoms with van der Waals surface area (Å²) in [6, 6.07) is 9.27. The Balaban J connectivity index is 1.43. The van der Waals surface area contributed by atoms with E-state index in [9.17, 15) is 4.79 Å². The van der Waals surface area contributed by atoms with Crippen LogP contribution < -0.4 is 15.0 Å². The van der Waals surface area contributed by atoms with E-state index in [0.717, 1.165) is 24.9 Å². The Morgan fingerprint density at radius 1 is 1.25 bits per heavy atom. The molecule has 4 rings (SSSR count). The number of nitrogens with zero attached hydrogens (tertiary/aromatic N) is 5. The predicted molar refractivity (Wildman–Crippen MR) is 104 cm³/mol. The minimum atomic E-state index is -0.175. The molecule has 1 unspecified atom stereocenters. The molecule has 9 heteroatoms. The molecule has 1 aliphatic heterocycles. The van der Waals surface area contributed by atoms with E-state index in [0.29, 0.717) is 24.1 Å². The summed E-state index contributed by atoms with van der Waals surface area (Å²) in [6.45, 7) is 1.41. The Morgan fingerprint density at radius 3 is 2.89 bits per heavy atom. The first-order chi connectivity index (χ1) is 13.7. The lowest BCUT2D eigenvalue weighted by Crippen LogP contribution is -2.41. The van der Waals surface area contributed by atoms with Crippen molar-refractivity contribution in [2.24, 2.45) is 5.92 Å². The summed E-state index contributed by atoms with van der Waals surface area (Å²) in [5, 5.41) is 9.78. The topological polar surface area (TPSA) is 109 Å². The van der Waals surface area contributed by atoms with Gasteiger partial charge in [-0.25, -0.2) is 9.97 Å². The highest BCUT2D eigenvalue weighted by molar-refractivity contribution is 5.91. The van der Waals surface area contributed by atoms with Gasteiger partial charge >= 0.3 is 0 Å². The lowest BCUT2D eigenvalue weighted by molar-refractivity contribution is -0.120. The number of ether oxygens (including phenoxy) is 1. The summed E-state index contributed by atoms with van der Waals surface area (Å²) in [7, 11) is 1.60. The Bertz CT molecular complexity index is 944. The summed E-state index contributed by atoms with van der Waals surface area (Å²) >= 11 is 0. The Hall–Kier alpha value is -3.49. The highest BCUT2D eigenvalue weighted by Crippen LogP contribution is 2.27. The molecule has 3 heterocycles. The maximum Gasteiger partial charge on any atom is 0.249 e. The number of para-hydroxylation sites is 1. The van der Waals surface area contributed by atoms with Gasteiger partial charge < -0.3 is 9.64 Å². The van der Waals surface area contributed by atoms with Crippen LogP contribution in [-0.2, 0) is 4.79 Å². The van der Waals surface area contributed by atoms with Gasteiger partial charge in [-0.1, -0.05) is 12.1 Å². The number of carbonyl (C=O) groups is 1. The number of aromatic nitrogens is 5. The molecule has 0 spiro atoms. The van der Waals surface area contributed by atoms with Crippen molar-refractivity contribution in [1.82, 2.24) is 25.1 Å². The van der Waals surface area contributed by atoms with Crippen LogP contribution in [0.1, 0.15) is 12.8 Å². The third-order valence-electron chi connectivity index (χ3n) is 4.71. The molecule has 2 aromatic heterocycles. The molecule has 0 aliphatic carbocycles. The first-order valence-corrected chi connectivity index (χ1v) is 9.13. The minimum Gasteiger partial charge on any atom is -0.496 e. The number of carbonyl (C=O) groups excluding carboxylic acids is 1. The van der Waals surface area contributed by atoms with Gasteiger partial charge in [0.25, 0.3) is 0 Å². The average Bonchev–Trinajstić information content (AvgIpc) is 3.22. The number of benzene rings is 1. The van der Waals surface area contributed by atoms with Gasteiger partial charge in [0.15, 0.2) is 5.82 Å². The molecule has 1 amide bonds. The van der Waals surface area contributed by atoms with Crippen molar-refractivity contribution < 1.29 is 9.53 Å². The van der Waals surface area contributed by atoms with Gasteiger partial charge in [-0.3, -0.25) is 15.2 Å². The summed E-state index contributed by atoms with van der Waals surface area (Å²) in [6.07, 6.45) is 5.12. The minimum absolute atomic E-state index is 0.105. The monoisotopic (exact) mass is 379 g/mol. The molecule has 28 heavy (non-hydrogen) atoms. The fourth-order valence-electron chi connectivity index (χ4n) is 3.32. The Kier molecular flexibility index (Phi) is 5.14. The van der Waals surface area contributed by atoms with Crippen molar-refractivity contribution in [1.29, 1.82) is 0 Å². The number of anilines is 2. The van der Waals surface area contributed by atoms with Gasteiger partial charge in [0.1, 0.15) is 5.75 Å². The summed E-state index contributed by atoms with van der Waals surface area (Å²) in [5.74, 6) is 1.84. The molecular weight excluding hydrogens is 358 g/mol. The molecular formula is C19H21N7O2. The number of methoxy groups -OCH3 is 1. The predicted octanol–water partition coefficient (Wildman–Crippen LogP) is 2.13. The number of hydrogen-bond acceptors (Lipinski definition) is 7. The van der Waals surface area contributed by atoms with Crippen LogP contribution >= 0.6 is 0 Å². The molecule has 0 saturated carbocycles. The number of amides is 1. The van der Waals surface area contributed by atoms with Gasteiger partial charge in [-0.2, -0.15) is 4.98 Å². The van der Waals surface area contributed by atoms with E-state index in [1.807, 2.05) is 29.2 Å². The van der Waals surface area contributed by atoms with Crippen LogP contribution in [0.4, 0.5) is 11.9 Å². The van der Waals surface area contributed by atoms with Crippen LogP contribution in [0.3, 0.4) is 0 Å². The van der Waals surface area contributed by atoms with Crippen molar-refractivity contribution in [3.63, 3.8) is 0 Å². The second kappa shape index (κ2) is 8.03. The molecule has 1 aliphatic rings. The normalized spacial score (nSPS) is 16.6. The lowest BCUT2D eigenvalue weighted by Gasteiger charge is -2.31. The zero-order valence-corrected chi connectivity index (χ0v) is 15.5. The number of aromatic amines is 1. The van der Waals surface area contributed by atoms with Crippen LogP contribution in [0.5, 0.6) is 5.75 Å². The molecule has 9 nitrogen and oxygen atoms in total. The van der Waals surface area contributed by atoms with Crippen LogP contribution in [0, 0.1) is 5.92 Å². The van der Waals surface area contributed by atoms with Crippen molar-refractivity contribution in [2.75, 3.05) is 30.4 Å². The molecule has 1 fully saturated rings. The zero-order chi connectivity index (χ0) is 19.3. The zero-order valence-electron chi connectivity index (χ0n) is 15.5. The average molecular weight is 379 g/mol. The van der Waals surface area contributed by atoms with E-state index >= 15 is 0 Å². The molecule has 1 aromatic carbocycles. The summed E-state index contributed by atoms with van der Waals surface area (Å²) in [4.78, 5) is 27.7. The number of rotatable bonds is 5. The quantitative estimate of drug-likeness (QED) is 0.699. The van der Waals surface area contributed by atoms with E-state index < -0.39 is 0 Å². The van der Waals surface area contributed by atoms with Gasteiger partial charge in [0.2, 0.25) is 17.8 Å². The number of hydrogen-bond donors (Lipinski definition) is 2. The van der Waals surface area contributed by atoms with E-state index in [2.05, 4.69) is 30.5 Å². The van der Waals surface area contributed by atoms with E-state index in [-0.39, 0.29) is 17.8 Å². The Labute approximate surface area is 162 Å². The highest BCUT2D eigenvalue weighted by atomic mass is 16.5. The van der Waals surface area contributed by atoms with Crippen LogP contribution in [-0.4, -0.2) is 51.3 Å². The highest BCUT2D eigenvalue weighted by Gasteiger charge is 2.27. The summed E-state index contributed by atoms with van der Waals surface area (Å²) < 4.78 is 5.35. The maximum atomic E-state index is 12.7. The molecule has 1 saturated heterocycles. The summed E-state index contributed by atoms with van der Waals surface area (Å²) in [5.41, 5.74) is 0.781. The van der Waals surface area contributed by atoms with Crippen molar-refractivity contribution >= 4 is 17.8 Å². The number of nitrogens with one attached hydrogen (secondary N) is 2. The Morgan fingerprint density at radius 2 is 2.07 bits per heavy atom. The maximum absolute atomic E-state index is 12.7. The molecule has 144 valence electrons. The van der Waals surface area contributed by atoms with E-state index in [1.54, 1.807) is 25.6 Å². The second-order valence-corrected chi connectivity index (χ2v) is 6.53. The molecule has 2 N–H and O–H groups in total. The molecule has 3 aromatic rings. The molecule has 1 atom stereocenters. The fraction of sp³-hybridized carbons (Fsp3) is 0.316. The van der Waals surface area contributed by atoms with Crippen LogP contribution in [0.15, 0.2) is 42.7 Å². The van der Waals surface area contributed by atoms with Crippen molar-refractivity contribution in [3.8, 4) is 17.1 Å². The molecule has 0 bridgehead atoms. The third-order valence-corrected chi connectivity index (χ3v) is 4.71. The second-order valence-electron chi connectivity index (χ2n) is 6.53. The smallest absolute Gasteiger partial charge is 0.249 e. The first kappa shape index (κ1) is 17.9. The van der Waals surface area contributed by atoms with E-state index in [1.165, 1.54) is 0 Å². The van der Waals surface area contributed by atoms with Crippen molar-refractivity contribution in [2.45, 2.75) is 12.8 Å². The SMILES string of the molecule is COc1ccccc1-c1nc(NC(=O)C2CCCN(c3ncccn3)C2)n[nH]1. The number of piperidine rings is 1. The lowest BCUT2D eigenvalue weighted by atomic mass is 9.97. The van der Waals surface area contributed by atoms with Crippen LogP contribution in [0.25, 0.3) is 11.4 Å². The van der Waals surface area contributed by atoms with Gasteiger partial charge in [-0.15, -0.1) is 5.10 Å². The first-order valence-electron chi connectivity index (χ1n) is 9.13. The van der Waals surface area contributed by atoms with Crippen molar-refractivity contribution in [3.05, 3.63) is 42.7 Å². The van der Waals surface area contributed by atoms with Gasteiger partial charge in [0.05, 0.1) is 18.6 Å².